The van der Waals surface area contributed by atoms with Crippen molar-refractivity contribution in [2.45, 2.75) is 13.5 Å². The highest BCUT2D eigenvalue weighted by molar-refractivity contribution is 9.10. The van der Waals surface area contributed by atoms with E-state index in [1.54, 1.807) is 48.5 Å². The zero-order chi connectivity index (χ0) is 24.0. The van der Waals surface area contributed by atoms with Gasteiger partial charge in [0.15, 0.2) is 0 Å². The molecule has 166 valence electrons. The van der Waals surface area contributed by atoms with Crippen molar-refractivity contribution in [1.29, 1.82) is 5.26 Å². The van der Waals surface area contributed by atoms with Crippen molar-refractivity contribution in [1.82, 2.24) is 0 Å². The molecule has 6 nitrogen and oxygen atoms in total. The molecule has 0 radical (unpaired) electrons. The summed E-state index contributed by atoms with van der Waals surface area (Å²) in [5.41, 5.74) is 2.73. The molecule has 3 aromatic rings. The van der Waals surface area contributed by atoms with Gasteiger partial charge in [0.05, 0.1) is 5.56 Å². The van der Waals surface area contributed by atoms with Crippen molar-refractivity contribution in [2.75, 3.05) is 5.32 Å². The molecule has 0 heterocycles. The van der Waals surface area contributed by atoms with Gasteiger partial charge in [0.25, 0.3) is 5.91 Å². The zero-order valence-electron chi connectivity index (χ0n) is 17.4. The predicted octanol–water partition coefficient (Wildman–Crippen LogP) is 6.23. The third-order valence-electron chi connectivity index (χ3n) is 4.66. The number of hydrogen-bond acceptors (Lipinski definition) is 4. The van der Waals surface area contributed by atoms with Crippen LogP contribution in [0.4, 0.5) is 5.69 Å². The Labute approximate surface area is 204 Å². The molecule has 0 fully saturated rings. The summed E-state index contributed by atoms with van der Waals surface area (Å²) in [7, 11) is 0. The minimum atomic E-state index is -1.00. The standard InChI is InChI=1S/C25H18BrClN2O4/c1-15-2-8-21(12-22(15)27)29-24(30)19(13-28)10-18-11-20(26)7-9-23(18)33-14-16-3-5-17(6-4-16)25(31)32/h2-12H,14H2,1H3,(H,29,30)(H,31,32)/b19-10-. The summed E-state index contributed by atoms with van der Waals surface area (Å²) in [6, 6.07) is 18.6. The minimum Gasteiger partial charge on any atom is -0.488 e. The van der Waals surface area contributed by atoms with Gasteiger partial charge in [-0.3, -0.25) is 4.79 Å². The van der Waals surface area contributed by atoms with Crippen molar-refractivity contribution in [3.05, 3.63) is 98.0 Å². The molecule has 0 aromatic heterocycles. The SMILES string of the molecule is Cc1ccc(NC(=O)/C(C#N)=C\c2cc(Br)ccc2OCc2ccc(C(=O)O)cc2)cc1Cl. The monoisotopic (exact) mass is 524 g/mol. The third-order valence-corrected chi connectivity index (χ3v) is 5.56. The van der Waals surface area contributed by atoms with E-state index in [-0.39, 0.29) is 17.7 Å². The van der Waals surface area contributed by atoms with E-state index in [1.807, 2.05) is 13.0 Å². The quantitative estimate of drug-likeness (QED) is 0.281. The van der Waals surface area contributed by atoms with Gasteiger partial charge in [-0.15, -0.1) is 0 Å². The van der Waals surface area contributed by atoms with Gasteiger partial charge >= 0.3 is 5.97 Å². The number of benzene rings is 3. The van der Waals surface area contributed by atoms with Crippen LogP contribution in [0.2, 0.25) is 5.02 Å². The van der Waals surface area contributed by atoms with Crippen LogP contribution in [0.15, 0.2) is 70.7 Å². The van der Waals surface area contributed by atoms with E-state index in [0.717, 1.165) is 15.6 Å². The first kappa shape index (κ1) is 24.1. The van der Waals surface area contributed by atoms with Crippen LogP contribution in [0, 0.1) is 18.3 Å². The van der Waals surface area contributed by atoms with Gasteiger partial charge in [0.1, 0.15) is 24.0 Å². The van der Waals surface area contributed by atoms with E-state index in [1.165, 1.54) is 18.2 Å². The van der Waals surface area contributed by atoms with Crippen molar-refractivity contribution in [3.8, 4) is 11.8 Å². The van der Waals surface area contributed by atoms with Crippen molar-refractivity contribution < 1.29 is 19.4 Å². The molecule has 0 spiro atoms. The highest BCUT2D eigenvalue weighted by atomic mass is 79.9. The van der Waals surface area contributed by atoms with Gasteiger partial charge in [-0.25, -0.2) is 4.79 Å². The topological polar surface area (TPSA) is 99.4 Å². The Morgan fingerprint density at radius 1 is 1.15 bits per heavy atom. The van der Waals surface area contributed by atoms with Gasteiger partial charge in [-0.1, -0.05) is 45.7 Å². The number of nitrogens with one attached hydrogen (secondary N) is 1. The summed E-state index contributed by atoms with van der Waals surface area (Å²) in [5.74, 6) is -1.12. The molecular weight excluding hydrogens is 508 g/mol. The molecule has 0 atom stereocenters. The van der Waals surface area contributed by atoms with Crippen LogP contribution in [0.5, 0.6) is 5.75 Å². The summed E-state index contributed by atoms with van der Waals surface area (Å²) in [6.07, 6.45) is 1.44. The number of halogens is 2. The number of carboxylic acid groups (broad SMARTS) is 1. The number of amides is 1. The van der Waals surface area contributed by atoms with Crippen molar-refractivity contribution in [3.63, 3.8) is 0 Å². The molecular formula is C25H18BrClN2O4. The number of ether oxygens (including phenoxy) is 1. The molecule has 0 saturated heterocycles. The normalized spacial score (nSPS) is 10.9. The molecule has 0 aliphatic carbocycles. The lowest BCUT2D eigenvalue weighted by Crippen LogP contribution is -2.13. The maximum Gasteiger partial charge on any atom is 0.335 e. The van der Waals surface area contributed by atoms with Gasteiger partial charge in [-0.05, 0) is 66.6 Å². The first-order valence-electron chi connectivity index (χ1n) is 9.70. The number of hydrogen-bond donors (Lipinski definition) is 2. The molecule has 0 aliphatic rings. The smallest absolute Gasteiger partial charge is 0.335 e. The minimum absolute atomic E-state index is 0.111. The highest BCUT2D eigenvalue weighted by Crippen LogP contribution is 2.27. The number of carbonyl (C=O) groups is 2. The number of carboxylic acids is 1. The van der Waals surface area contributed by atoms with Gasteiger partial charge in [0, 0.05) is 20.7 Å². The van der Waals surface area contributed by atoms with E-state index in [4.69, 9.17) is 21.4 Å². The van der Waals surface area contributed by atoms with Crippen molar-refractivity contribution >= 4 is 51.2 Å². The zero-order valence-corrected chi connectivity index (χ0v) is 19.8. The van der Waals surface area contributed by atoms with Crippen molar-refractivity contribution in [2.24, 2.45) is 0 Å². The number of rotatable bonds is 7. The molecule has 3 aromatic carbocycles. The molecule has 0 unspecified atom stereocenters. The van der Waals surface area contributed by atoms with Crippen LogP contribution in [0.3, 0.4) is 0 Å². The molecule has 2 N–H and O–H groups in total. The molecule has 0 aliphatic heterocycles. The lowest BCUT2D eigenvalue weighted by Gasteiger charge is -2.11. The maximum absolute atomic E-state index is 12.7. The lowest BCUT2D eigenvalue weighted by molar-refractivity contribution is -0.112. The van der Waals surface area contributed by atoms with Crippen LogP contribution < -0.4 is 10.1 Å². The molecule has 0 saturated carbocycles. The number of anilines is 1. The first-order valence-corrected chi connectivity index (χ1v) is 10.9. The Bertz CT molecular complexity index is 1280. The summed E-state index contributed by atoms with van der Waals surface area (Å²) in [5, 5.41) is 21.8. The second kappa shape index (κ2) is 10.8. The maximum atomic E-state index is 12.7. The number of aromatic carboxylic acids is 1. The second-order valence-electron chi connectivity index (χ2n) is 7.06. The number of carbonyl (C=O) groups excluding carboxylic acids is 1. The van der Waals surface area contributed by atoms with E-state index in [9.17, 15) is 14.9 Å². The Kier molecular flexibility index (Phi) is 7.88. The first-order chi connectivity index (χ1) is 15.8. The molecule has 3 rings (SSSR count). The van der Waals surface area contributed by atoms with Gasteiger partial charge in [-0.2, -0.15) is 5.26 Å². The highest BCUT2D eigenvalue weighted by Gasteiger charge is 2.13. The van der Waals surface area contributed by atoms with Crippen LogP contribution >= 0.6 is 27.5 Å². The largest absolute Gasteiger partial charge is 0.488 e. The molecule has 0 bridgehead atoms. The number of nitriles is 1. The number of aryl methyl sites for hydroxylation is 1. The Balaban J connectivity index is 1.81. The average Bonchev–Trinajstić information content (AvgIpc) is 2.79. The number of nitrogens with zero attached hydrogens (tertiary/aromatic N) is 1. The Hall–Kier alpha value is -3.60. The predicted molar refractivity (Wildman–Crippen MR) is 130 cm³/mol. The summed E-state index contributed by atoms with van der Waals surface area (Å²) in [4.78, 5) is 23.7. The molecule has 8 heteroatoms. The van der Waals surface area contributed by atoms with E-state index < -0.39 is 11.9 Å². The van der Waals surface area contributed by atoms with Crippen LogP contribution in [0.25, 0.3) is 6.08 Å². The van der Waals surface area contributed by atoms with Gasteiger partial charge in [0.2, 0.25) is 0 Å². The fraction of sp³-hybridized carbons (Fsp3) is 0.0800. The Morgan fingerprint density at radius 2 is 1.88 bits per heavy atom. The van der Waals surface area contributed by atoms with Crippen LogP contribution in [-0.2, 0) is 11.4 Å². The van der Waals surface area contributed by atoms with Crippen LogP contribution in [-0.4, -0.2) is 17.0 Å². The lowest BCUT2D eigenvalue weighted by atomic mass is 10.1. The fourth-order valence-electron chi connectivity index (χ4n) is 2.84. The van der Waals surface area contributed by atoms with E-state index >= 15 is 0 Å². The van der Waals surface area contributed by atoms with E-state index in [0.29, 0.717) is 22.0 Å². The van der Waals surface area contributed by atoms with Crippen LogP contribution in [0.1, 0.15) is 27.0 Å². The summed E-state index contributed by atoms with van der Waals surface area (Å²) in [6.45, 7) is 2.03. The molecule has 1 amide bonds. The average molecular weight is 526 g/mol. The summed E-state index contributed by atoms with van der Waals surface area (Å²) < 4.78 is 6.62. The van der Waals surface area contributed by atoms with E-state index in [2.05, 4.69) is 21.2 Å². The Morgan fingerprint density at radius 3 is 2.52 bits per heavy atom. The fourth-order valence-corrected chi connectivity index (χ4v) is 3.40. The molecule has 33 heavy (non-hydrogen) atoms. The summed E-state index contributed by atoms with van der Waals surface area (Å²) >= 11 is 9.50. The second-order valence-corrected chi connectivity index (χ2v) is 8.38. The van der Waals surface area contributed by atoms with Gasteiger partial charge < -0.3 is 15.2 Å². The third kappa shape index (κ3) is 6.45.